The molecule has 2 aliphatic rings. The van der Waals surface area contributed by atoms with Crippen molar-refractivity contribution < 1.29 is 29.0 Å². The second-order valence-corrected chi connectivity index (χ2v) is 11.9. The minimum absolute atomic E-state index is 0.0140. The van der Waals surface area contributed by atoms with Crippen molar-refractivity contribution in [3.8, 4) is 0 Å². The van der Waals surface area contributed by atoms with Crippen molar-refractivity contribution in [3.05, 3.63) is 0 Å². The van der Waals surface area contributed by atoms with E-state index in [0.717, 1.165) is 51.4 Å². The molecular formula is C28H49N3O6. The lowest BCUT2D eigenvalue weighted by Gasteiger charge is -2.40. The van der Waals surface area contributed by atoms with Gasteiger partial charge in [-0.2, -0.15) is 0 Å². The number of ether oxygens (including phenoxy) is 1. The van der Waals surface area contributed by atoms with Crippen LogP contribution in [0.2, 0.25) is 0 Å². The molecule has 3 amide bonds. The van der Waals surface area contributed by atoms with Gasteiger partial charge in [0.1, 0.15) is 11.6 Å². The SMILES string of the molecule is CC[C@@H](C(=O)O)[C@H]1CCCC[C@H]1NC(=O)[C@H](CC)[C@H]1CCCC[C@H]1NC(=O)[C@@H](C)NC(=O)OC(C)(C)C. The molecule has 37 heavy (non-hydrogen) atoms. The highest BCUT2D eigenvalue weighted by molar-refractivity contribution is 5.85. The van der Waals surface area contributed by atoms with Gasteiger partial charge in [0.2, 0.25) is 11.8 Å². The van der Waals surface area contributed by atoms with E-state index in [1.54, 1.807) is 27.7 Å². The monoisotopic (exact) mass is 523 g/mol. The van der Waals surface area contributed by atoms with E-state index in [9.17, 15) is 24.3 Å². The van der Waals surface area contributed by atoms with Crippen molar-refractivity contribution >= 4 is 23.9 Å². The molecule has 2 rings (SSSR count). The normalized spacial score (nSPS) is 26.8. The Morgan fingerprint density at radius 2 is 1.27 bits per heavy atom. The molecule has 0 saturated heterocycles. The minimum Gasteiger partial charge on any atom is -0.481 e. The van der Waals surface area contributed by atoms with Gasteiger partial charge in [-0.25, -0.2) is 4.79 Å². The van der Waals surface area contributed by atoms with E-state index in [4.69, 9.17) is 4.74 Å². The largest absolute Gasteiger partial charge is 0.481 e. The fourth-order valence-electron chi connectivity index (χ4n) is 6.13. The van der Waals surface area contributed by atoms with Crippen LogP contribution < -0.4 is 16.0 Å². The van der Waals surface area contributed by atoms with E-state index in [1.165, 1.54) is 0 Å². The molecule has 2 saturated carbocycles. The lowest BCUT2D eigenvalue weighted by Crippen LogP contribution is -2.54. The van der Waals surface area contributed by atoms with E-state index < -0.39 is 29.6 Å². The predicted octanol–water partition coefficient (Wildman–Crippen LogP) is 4.39. The Morgan fingerprint density at radius 1 is 0.811 bits per heavy atom. The summed E-state index contributed by atoms with van der Waals surface area (Å²) in [6.45, 7) is 10.8. The Bertz CT molecular complexity index is 795. The molecule has 0 bridgehead atoms. The second kappa shape index (κ2) is 14.0. The number of hydrogen-bond acceptors (Lipinski definition) is 5. The summed E-state index contributed by atoms with van der Waals surface area (Å²) in [5.41, 5.74) is -0.657. The Kier molecular flexibility index (Phi) is 11.7. The average Bonchev–Trinajstić information content (AvgIpc) is 2.80. The fourth-order valence-corrected chi connectivity index (χ4v) is 6.13. The molecule has 9 nitrogen and oxygen atoms in total. The average molecular weight is 524 g/mol. The van der Waals surface area contributed by atoms with E-state index in [-0.39, 0.29) is 41.7 Å². The molecular weight excluding hydrogens is 474 g/mol. The van der Waals surface area contributed by atoms with Crippen molar-refractivity contribution in [2.45, 2.75) is 129 Å². The highest BCUT2D eigenvalue weighted by Crippen LogP contribution is 2.35. The first-order chi connectivity index (χ1) is 17.4. The molecule has 4 N–H and O–H groups in total. The molecule has 9 heteroatoms. The number of alkyl carbamates (subject to hydrolysis) is 1. The third-order valence-corrected chi connectivity index (χ3v) is 7.99. The van der Waals surface area contributed by atoms with Crippen LogP contribution in [0.25, 0.3) is 0 Å². The molecule has 0 aromatic carbocycles. The summed E-state index contributed by atoms with van der Waals surface area (Å²) in [7, 11) is 0. The zero-order valence-corrected chi connectivity index (χ0v) is 23.6. The van der Waals surface area contributed by atoms with Gasteiger partial charge in [-0.3, -0.25) is 14.4 Å². The number of rotatable bonds is 10. The third kappa shape index (κ3) is 9.18. The Labute approximate surface area is 222 Å². The van der Waals surface area contributed by atoms with E-state index in [0.29, 0.717) is 12.8 Å². The summed E-state index contributed by atoms with van der Waals surface area (Å²) in [4.78, 5) is 50.4. The van der Waals surface area contributed by atoms with Crippen molar-refractivity contribution in [3.63, 3.8) is 0 Å². The van der Waals surface area contributed by atoms with Gasteiger partial charge in [-0.05, 0) is 78.1 Å². The minimum atomic E-state index is -0.787. The van der Waals surface area contributed by atoms with E-state index >= 15 is 0 Å². The summed E-state index contributed by atoms with van der Waals surface area (Å²) in [5.74, 6) is -1.91. The molecule has 2 aliphatic carbocycles. The number of carboxylic acid groups (broad SMARTS) is 1. The molecule has 0 aromatic heterocycles. The maximum Gasteiger partial charge on any atom is 0.408 e. The number of carboxylic acids is 1. The van der Waals surface area contributed by atoms with Crippen molar-refractivity contribution in [2.75, 3.05) is 0 Å². The maximum absolute atomic E-state index is 13.6. The van der Waals surface area contributed by atoms with Gasteiger partial charge in [0, 0.05) is 18.0 Å². The van der Waals surface area contributed by atoms with Crippen LogP contribution in [0.5, 0.6) is 0 Å². The van der Waals surface area contributed by atoms with E-state index in [2.05, 4.69) is 16.0 Å². The molecule has 2 fully saturated rings. The fraction of sp³-hybridized carbons (Fsp3) is 0.857. The number of amides is 3. The van der Waals surface area contributed by atoms with E-state index in [1.807, 2.05) is 13.8 Å². The zero-order valence-electron chi connectivity index (χ0n) is 23.6. The summed E-state index contributed by atoms with van der Waals surface area (Å²) in [6, 6.07) is -1.06. The van der Waals surface area contributed by atoms with Crippen LogP contribution in [0.4, 0.5) is 4.79 Å². The van der Waals surface area contributed by atoms with Crippen molar-refractivity contribution in [1.29, 1.82) is 0 Å². The van der Waals surface area contributed by atoms with Crippen LogP contribution >= 0.6 is 0 Å². The maximum atomic E-state index is 13.6. The second-order valence-electron chi connectivity index (χ2n) is 11.9. The van der Waals surface area contributed by atoms with Gasteiger partial charge >= 0.3 is 12.1 Å². The van der Waals surface area contributed by atoms with Crippen LogP contribution in [0.1, 0.15) is 106 Å². The first kappa shape index (κ1) is 30.9. The van der Waals surface area contributed by atoms with Crippen LogP contribution in [0.15, 0.2) is 0 Å². The number of aliphatic carboxylic acids is 1. The van der Waals surface area contributed by atoms with Crippen LogP contribution in [0.3, 0.4) is 0 Å². The van der Waals surface area contributed by atoms with Crippen molar-refractivity contribution in [2.24, 2.45) is 23.7 Å². The van der Waals surface area contributed by atoms with Gasteiger partial charge in [0.25, 0.3) is 0 Å². The molecule has 0 radical (unpaired) electrons. The van der Waals surface area contributed by atoms with Crippen LogP contribution in [0, 0.1) is 23.7 Å². The van der Waals surface area contributed by atoms with Gasteiger partial charge in [0.05, 0.1) is 5.92 Å². The van der Waals surface area contributed by atoms with Gasteiger partial charge in [-0.15, -0.1) is 0 Å². The Balaban J connectivity index is 2.06. The molecule has 0 unspecified atom stereocenters. The Hall–Kier alpha value is -2.32. The zero-order chi connectivity index (χ0) is 27.8. The smallest absolute Gasteiger partial charge is 0.408 e. The number of hydrogen-bond donors (Lipinski definition) is 4. The molecule has 0 aliphatic heterocycles. The predicted molar refractivity (Wildman–Crippen MR) is 142 cm³/mol. The summed E-state index contributed by atoms with van der Waals surface area (Å²) >= 11 is 0. The Morgan fingerprint density at radius 3 is 1.73 bits per heavy atom. The first-order valence-electron chi connectivity index (χ1n) is 14.2. The number of carbonyl (C=O) groups is 4. The van der Waals surface area contributed by atoms with Crippen LogP contribution in [-0.2, 0) is 19.1 Å². The lowest BCUT2D eigenvalue weighted by atomic mass is 9.73. The first-order valence-corrected chi connectivity index (χ1v) is 14.2. The molecule has 0 aromatic rings. The van der Waals surface area contributed by atoms with Gasteiger partial charge in [-0.1, -0.05) is 39.5 Å². The molecule has 212 valence electrons. The summed E-state index contributed by atoms with van der Waals surface area (Å²) in [5, 5.41) is 18.7. The summed E-state index contributed by atoms with van der Waals surface area (Å²) < 4.78 is 5.26. The van der Waals surface area contributed by atoms with Gasteiger partial charge < -0.3 is 25.8 Å². The lowest BCUT2D eigenvalue weighted by molar-refractivity contribution is -0.145. The van der Waals surface area contributed by atoms with Crippen molar-refractivity contribution in [1.82, 2.24) is 16.0 Å². The van der Waals surface area contributed by atoms with Crippen LogP contribution in [-0.4, -0.2) is 52.7 Å². The molecule has 7 atom stereocenters. The molecule has 0 spiro atoms. The van der Waals surface area contributed by atoms with Gasteiger partial charge in [0.15, 0.2) is 0 Å². The number of nitrogens with one attached hydrogen (secondary N) is 3. The highest BCUT2D eigenvalue weighted by Gasteiger charge is 2.40. The highest BCUT2D eigenvalue weighted by atomic mass is 16.6. The molecule has 0 heterocycles. The standard InChI is InChI=1S/C28H49N3O6/c1-7-18(25(33)31-23-16-12-10-14-21(23)19(8-2)26(34)35)20-13-9-11-15-22(20)30-24(32)17(3)29-27(36)37-28(4,5)6/h17-23H,7-16H2,1-6H3,(H,29,36)(H,30,32)(H,31,33)(H,34,35)/t17-,18-,19-,20-,21-,22-,23-/m1/s1. The third-order valence-electron chi connectivity index (χ3n) is 7.99. The summed E-state index contributed by atoms with van der Waals surface area (Å²) in [6.07, 6.45) is 7.72. The topological polar surface area (TPSA) is 134 Å². The number of carbonyl (C=O) groups excluding carboxylic acids is 3. The quantitative estimate of drug-likeness (QED) is 0.336.